The normalized spacial score (nSPS) is 10.1. The van der Waals surface area contributed by atoms with Crippen molar-refractivity contribution in [3.63, 3.8) is 0 Å². The Morgan fingerprint density at radius 2 is 1.83 bits per heavy atom. The lowest BCUT2D eigenvalue weighted by Crippen LogP contribution is -2.00. The van der Waals surface area contributed by atoms with Crippen LogP contribution < -0.4 is 5.32 Å². The van der Waals surface area contributed by atoms with Gasteiger partial charge in [0, 0.05) is 11.6 Å². The molecule has 1 N–H and O–H groups in total. The number of nitriles is 1. The minimum Gasteiger partial charge on any atom is -0.339 e. The molecule has 1 aromatic heterocycles. The summed E-state index contributed by atoms with van der Waals surface area (Å²) in [6.45, 7) is 0. The second-order valence-electron chi connectivity index (χ2n) is 4.66. The van der Waals surface area contributed by atoms with Crippen molar-refractivity contribution in [1.82, 2.24) is 9.97 Å². The number of nitrogens with one attached hydrogen (secondary N) is 1. The van der Waals surface area contributed by atoms with Crippen LogP contribution >= 0.6 is 11.6 Å². The largest absolute Gasteiger partial charge is 0.339 e. The molecule has 112 valence electrons. The van der Waals surface area contributed by atoms with Crippen molar-refractivity contribution >= 4 is 23.1 Å². The van der Waals surface area contributed by atoms with Gasteiger partial charge in [0.2, 0.25) is 0 Å². The second kappa shape index (κ2) is 6.42. The first-order chi connectivity index (χ1) is 11.2. The third kappa shape index (κ3) is 3.28. The summed E-state index contributed by atoms with van der Waals surface area (Å²) in [4.78, 5) is 8.55. The van der Waals surface area contributed by atoms with E-state index in [9.17, 15) is 4.39 Å². The zero-order chi connectivity index (χ0) is 16.2. The molecule has 0 unspecified atom stereocenters. The minimum atomic E-state index is -0.596. The summed E-state index contributed by atoms with van der Waals surface area (Å²) in [5, 5.41) is 12.2. The van der Waals surface area contributed by atoms with Crippen LogP contribution in [0, 0.1) is 17.1 Å². The quantitative estimate of drug-likeness (QED) is 0.718. The molecule has 4 nitrogen and oxygen atoms in total. The molecule has 3 aromatic rings. The van der Waals surface area contributed by atoms with Crippen LogP contribution in [0.15, 0.2) is 54.6 Å². The van der Waals surface area contributed by atoms with Crippen molar-refractivity contribution in [3.05, 3.63) is 71.1 Å². The van der Waals surface area contributed by atoms with Crippen LogP contribution in [-0.2, 0) is 0 Å². The zero-order valence-corrected chi connectivity index (χ0v) is 12.5. The summed E-state index contributed by atoms with van der Waals surface area (Å²) >= 11 is 6.04. The molecule has 23 heavy (non-hydrogen) atoms. The van der Waals surface area contributed by atoms with Gasteiger partial charge in [-0.3, -0.25) is 0 Å². The first-order valence-corrected chi connectivity index (χ1v) is 7.11. The van der Waals surface area contributed by atoms with Gasteiger partial charge in [-0.05, 0) is 12.1 Å². The first-order valence-electron chi connectivity index (χ1n) is 6.73. The van der Waals surface area contributed by atoms with Crippen LogP contribution in [0.4, 0.5) is 15.9 Å². The summed E-state index contributed by atoms with van der Waals surface area (Å²) in [6, 6.07) is 17.0. The molecule has 1 heterocycles. The number of aromatic nitrogens is 2. The molecule has 3 rings (SSSR count). The van der Waals surface area contributed by atoms with Crippen molar-refractivity contribution < 1.29 is 4.39 Å². The van der Waals surface area contributed by atoms with Gasteiger partial charge in [-0.15, -0.1) is 0 Å². The molecule has 2 aromatic carbocycles. The summed E-state index contributed by atoms with van der Waals surface area (Å²) < 4.78 is 13.7. The minimum absolute atomic E-state index is 0.0801. The molecule has 0 spiro atoms. The molecule has 0 bridgehead atoms. The van der Waals surface area contributed by atoms with Crippen LogP contribution in [0.2, 0.25) is 5.15 Å². The van der Waals surface area contributed by atoms with E-state index in [0.717, 1.165) is 5.56 Å². The number of rotatable bonds is 3. The van der Waals surface area contributed by atoms with E-state index in [1.165, 1.54) is 18.2 Å². The summed E-state index contributed by atoms with van der Waals surface area (Å²) in [6.07, 6.45) is 0. The van der Waals surface area contributed by atoms with Gasteiger partial charge in [-0.25, -0.2) is 14.4 Å². The Morgan fingerprint density at radius 1 is 1.04 bits per heavy atom. The van der Waals surface area contributed by atoms with Crippen LogP contribution in [0.5, 0.6) is 0 Å². The molecule has 6 heteroatoms. The molecule has 0 aliphatic rings. The monoisotopic (exact) mass is 324 g/mol. The molecular weight excluding hydrogens is 315 g/mol. The van der Waals surface area contributed by atoms with Crippen molar-refractivity contribution in [3.8, 4) is 17.5 Å². The lowest BCUT2D eigenvalue weighted by atomic mass is 10.2. The summed E-state index contributed by atoms with van der Waals surface area (Å²) in [5.41, 5.74) is 1.04. The zero-order valence-electron chi connectivity index (χ0n) is 11.8. The number of hydrogen-bond donors (Lipinski definition) is 1. The van der Waals surface area contributed by atoms with Gasteiger partial charge in [0.1, 0.15) is 28.4 Å². The first kappa shape index (κ1) is 14.9. The van der Waals surface area contributed by atoms with Crippen LogP contribution in [0.25, 0.3) is 11.4 Å². The molecular formula is C17H10ClFN4. The SMILES string of the molecule is N#Cc1c(F)cccc1Nc1cc(Cl)nc(-c2ccccc2)n1. The van der Waals surface area contributed by atoms with Gasteiger partial charge in [0.15, 0.2) is 5.82 Å². The fraction of sp³-hybridized carbons (Fsp3) is 0. The maximum absolute atomic E-state index is 13.7. The van der Waals surface area contributed by atoms with Gasteiger partial charge in [-0.2, -0.15) is 5.26 Å². The van der Waals surface area contributed by atoms with E-state index < -0.39 is 5.82 Å². The third-order valence-corrected chi connectivity index (χ3v) is 3.31. The fourth-order valence-electron chi connectivity index (χ4n) is 2.08. The van der Waals surface area contributed by atoms with E-state index in [-0.39, 0.29) is 10.7 Å². The topological polar surface area (TPSA) is 61.6 Å². The van der Waals surface area contributed by atoms with E-state index in [0.29, 0.717) is 17.3 Å². The van der Waals surface area contributed by atoms with Gasteiger partial charge < -0.3 is 5.32 Å². The fourth-order valence-corrected chi connectivity index (χ4v) is 2.26. The van der Waals surface area contributed by atoms with Crippen molar-refractivity contribution in [2.24, 2.45) is 0 Å². The van der Waals surface area contributed by atoms with Crippen molar-refractivity contribution in [1.29, 1.82) is 5.26 Å². The third-order valence-electron chi connectivity index (χ3n) is 3.12. The van der Waals surface area contributed by atoms with E-state index in [4.69, 9.17) is 16.9 Å². The lowest BCUT2D eigenvalue weighted by molar-refractivity contribution is 0.624. The highest BCUT2D eigenvalue weighted by Gasteiger charge is 2.10. The van der Waals surface area contributed by atoms with Gasteiger partial charge in [0.25, 0.3) is 0 Å². The molecule has 0 atom stereocenters. The highest BCUT2D eigenvalue weighted by Crippen LogP contribution is 2.25. The predicted molar refractivity (Wildman–Crippen MR) is 86.9 cm³/mol. The highest BCUT2D eigenvalue weighted by molar-refractivity contribution is 6.29. The van der Waals surface area contributed by atoms with Crippen molar-refractivity contribution in [2.75, 3.05) is 5.32 Å². The van der Waals surface area contributed by atoms with Gasteiger partial charge in [-0.1, -0.05) is 48.0 Å². The number of hydrogen-bond acceptors (Lipinski definition) is 4. The highest BCUT2D eigenvalue weighted by atomic mass is 35.5. The van der Waals surface area contributed by atoms with Gasteiger partial charge in [0.05, 0.1) is 5.69 Å². The Balaban J connectivity index is 2.01. The molecule has 0 amide bonds. The number of benzene rings is 2. The summed E-state index contributed by atoms with van der Waals surface area (Å²) in [7, 11) is 0. The Kier molecular flexibility index (Phi) is 4.18. The Bertz CT molecular complexity index is 891. The molecule has 0 aliphatic heterocycles. The molecule has 0 saturated heterocycles. The average Bonchev–Trinajstić information content (AvgIpc) is 2.55. The van der Waals surface area contributed by atoms with E-state index in [1.54, 1.807) is 6.07 Å². The van der Waals surface area contributed by atoms with E-state index >= 15 is 0 Å². The maximum Gasteiger partial charge on any atom is 0.163 e. The molecule has 0 aliphatic carbocycles. The smallest absolute Gasteiger partial charge is 0.163 e. The molecule has 0 saturated carbocycles. The van der Waals surface area contributed by atoms with Gasteiger partial charge >= 0.3 is 0 Å². The maximum atomic E-state index is 13.7. The second-order valence-corrected chi connectivity index (χ2v) is 5.05. The van der Waals surface area contributed by atoms with Crippen LogP contribution in [-0.4, -0.2) is 9.97 Å². The number of anilines is 2. The van der Waals surface area contributed by atoms with Crippen LogP contribution in [0.3, 0.4) is 0 Å². The standard InChI is InChI=1S/C17H10ClFN4/c18-15-9-16(21-14-8-4-7-13(19)12(14)10-20)23-17(22-15)11-5-2-1-3-6-11/h1-9H,(H,21,22,23). The molecule has 0 fully saturated rings. The summed E-state index contributed by atoms with van der Waals surface area (Å²) in [5.74, 6) is 0.224. The Hall–Kier alpha value is -2.97. The van der Waals surface area contributed by atoms with E-state index in [2.05, 4.69) is 15.3 Å². The number of halogens is 2. The Morgan fingerprint density at radius 3 is 2.57 bits per heavy atom. The molecule has 0 radical (unpaired) electrons. The van der Waals surface area contributed by atoms with E-state index in [1.807, 2.05) is 36.4 Å². The van der Waals surface area contributed by atoms with Crippen molar-refractivity contribution in [2.45, 2.75) is 0 Å². The average molecular weight is 325 g/mol. The number of nitrogens with zero attached hydrogens (tertiary/aromatic N) is 3. The van der Waals surface area contributed by atoms with Crippen LogP contribution in [0.1, 0.15) is 5.56 Å². The Labute approximate surface area is 137 Å². The predicted octanol–water partition coefficient (Wildman–Crippen LogP) is 4.55. The lowest BCUT2D eigenvalue weighted by Gasteiger charge is -2.09.